The standard InChI is InChI=1S/C30H54O9/c1-4-7-14-19-26(39-27(32)6-3)25(31)18-15-12-10-8-9-11-13-16-20-29(34)37-24-38-30(35)22-17-21-28(33)36-23-5-2/h25-26,31H,4-24H2,1-3H3. The molecule has 228 valence electrons. The number of esters is 4. The van der Waals surface area contributed by atoms with Gasteiger partial charge in [0.1, 0.15) is 6.10 Å². The molecule has 0 saturated carbocycles. The monoisotopic (exact) mass is 558 g/mol. The Morgan fingerprint density at radius 2 is 1.08 bits per heavy atom. The number of hydrogen-bond donors (Lipinski definition) is 1. The number of rotatable bonds is 26. The number of hydrogen-bond acceptors (Lipinski definition) is 9. The van der Waals surface area contributed by atoms with Crippen molar-refractivity contribution in [2.24, 2.45) is 0 Å². The minimum Gasteiger partial charge on any atom is -0.466 e. The first-order valence-electron chi connectivity index (χ1n) is 15.2. The summed E-state index contributed by atoms with van der Waals surface area (Å²) in [6, 6.07) is 0. The van der Waals surface area contributed by atoms with Crippen molar-refractivity contribution in [2.75, 3.05) is 13.4 Å². The van der Waals surface area contributed by atoms with Crippen LogP contribution in [0.2, 0.25) is 0 Å². The average Bonchev–Trinajstić information content (AvgIpc) is 2.92. The van der Waals surface area contributed by atoms with E-state index in [0.717, 1.165) is 83.5 Å². The minimum atomic E-state index is -0.596. The van der Waals surface area contributed by atoms with Gasteiger partial charge in [0.2, 0.25) is 6.79 Å². The number of aliphatic hydroxyl groups is 1. The van der Waals surface area contributed by atoms with Gasteiger partial charge in [-0.25, -0.2) is 0 Å². The fourth-order valence-corrected chi connectivity index (χ4v) is 4.02. The van der Waals surface area contributed by atoms with E-state index in [1.54, 1.807) is 6.92 Å². The summed E-state index contributed by atoms with van der Waals surface area (Å²) in [5, 5.41) is 10.5. The van der Waals surface area contributed by atoms with Crippen molar-refractivity contribution < 1.29 is 43.2 Å². The Morgan fingerprint density at radius 3 is 1.64 bits per heavy atom. The summed E-state index contributed by atoms with van der Waals surface area (Å²) >= 11 is 0. The summed E-state index contributed by atoms with van der Waals surface area (Å²) in [5.74, 6) is -1.47. The third-order valence-corrected chi connectivity index (χ3v) is 6.39. The van der Waals surface area contributed by atoms with E-state index in [4.69, 9.17) is 18.9 Å². The van der Waals surface area contributed by atoms with Crippen molar-refractivity contribution in [2.45, 2.75) is 155 Å². The molecule has 0 rings (SSSR count). The molecule has 0 aliphatic heterocycles. The zero-order valence-electron chi connectivity index (χ0n) is 24.7. The molecule has 0 aliphatic carbocycles. The third kappa shape index (κ3) is 23.4. The summed E-state index contributed by atoms with van der Waals surface area (Å²) in [6.45, 7) is 5.79. The van der Waals surface area contributed by atoms with E-state index in [0.29, 0.717) is 32.3 Å². The first-order chi connectivity index (χ1) is 18.8. The van der Waals surface area contributed by atoms with Crippen molar-refractivity contribution in [3.8, 4) is 0 Å². The molecule has 0 aromatic carbocycles. The van der Waals surface area contributed by atoms with Crippen LogP contribution in [0.3, 0.4) is 0 Å². The Balaban J connectivity index is 3.69. The maximum Gasteiger partial charge on any atom is 0.308 e. The first-order valence-corrected chi connectivity index (χ1v) is 15.2. The van der Waals surface area contributed by atoms with E-state index in [-0.39, 0.29) is 30.7 Å². The van der Waals surface area contributed by atoms with Crippen molar-refractivity contribution in [3.63, 3.8) is 0 Å². The summed E-state index contributed by atoms with van der Waals surface area (Å²) in [6.07, 6.45) is 13.4. The molecule has 9 heteroatoms. The highest BCUT2D eigenvalue weighted by Gasteiger charge is 2.22. The SMILES string of the molecule is CCCCCC(OC(=O)CC)C(O)CCCCCCCCCCC(=O)OCOC(=O)CCCC(=O)OCCC. The quantitative estimate of drug-likeness (QED) is 0.0562. The second kappa shape index (κ2) is 26.1. The van der Waals surface area contributed by atoms with E-state index >= 15 is 0 Å². The maximum absolute atomic E-state index is 11.8. The lowest BCUT2D eigenvalue weighted by molar-refractivity contribution is -0.167. The molecule has 2 unspecified atom stereocenters. The van der Waals surface area contributed by atoms with E-state index in [1.165, 1.54) is 0 Å². The molecule has 0 radical (unpaired) electrons. The van der Waals surface area contributed by atoms with Gasteiger partial charge in [0.15, 0.2) is 0 Å². The maximum atomic E-state index is 11.8. The Hall–Kier alpha value is -2.16. The second-order valence-corrected chi connectivity index (χ2v) is 10.0. The number of ether oxygens (including phenoxy) is 4. The van der Waals surface area contributed by atoms with Crippen LogP contribution in [0.4, 0.5) is 0 Å². The van der Waals surface area contributed by atoms with Gasteiger partial charge in [-0.05, 0) is 38.5 Å². The second-order valence-electron chi connectivity index (χ2n) is 10.0. The molecular weight excluding hydrogens is 504 g/mol. The van der Waals surface area contributed by atoms with Crippen LogP contribution in [-0.4, -0.2) is 54.6 Å². The molecule has 0 aliphatic rings. The van der Waals surface area contributed by atoms with Crippen molar-refractivity contribution >= 4 is 23.9 Å². The summed E-state index contributed by atoms with van der Waals surface area (Å²) in [4.78, 5) is 46.4. The molecule has 9 nitrogen and oxygen atoms in total. The van der Waals surface area contributed by atoms with Crippen LogP contribution in [-0.2, 0) is 38.1 Å². The molecule has 39 heavy (non-hydrogen) atoms. The first kappa shape index (κ1) is 36.8. The average molecular weight is 559 g/mol. The van der Waals surface area contributed by atoms with Gasteiger partial charge in [-0.3, -0.25) is 19.2 Å². The van der Waals surface area contributed by atoms with Crippen LogP contribution in [0.5, 0.6) is 0 Å². The fourth-order valence-electron chi connectivity index (χ4n) is 4.02. The highest BCUT2D eigenvalue weighted by molar-refractivity contribution is 5.73. The molecule has 0 aromatic heterocycles. The topological polar surface area (TPSA) is 125 Å². The Morgan fingerprint density at radius 1 is 0.564 bits per heavy atom. The van der Waals surface area contributed by atoms with Crippen molar-refractivity contribution in [3.05, 3.63) is 0 Å². The zero-order valence-corrected chi connectivity index (χ0v) is 24.7. The normalized spacial score (nSPS) is 12.4. The molecule has 0 amide bonds. The van der Waals surface area contributed by atoms with Gasteiger partial charge in [-0.15, -0.1) is 0 Å². The highest BCUT2D eigenvalue weighted by Crippen LogP contribution is 2.18. The van der Waals surface area contributed by atoms with Gasteiger partial charge in [-0.2, -0.15) is 0 Å². The molecule has 0 heterocycles. The van der Waals surface area contributed by atoms with Crippen LogP contribution in [0.25, 0.3) is 0 Å². The van der Waals surface area contributed by atoms with Crippen molar-refractivity contribution in [1.82, 2.24) is 0 Å². The van der Waals surface area contributed by atoms with Crippen molar-refractivity contribution in [1.29, 1.82) is 0 Å². The molecule has 1 N–H and O–H groups in total. The summed E-state index contributed by atoms with van der Waals surface area (Å²) < 4.78 is 20.2. The smallest absolute Gasteiger partial charge is 0.308 e. The number of aliphatic hydroxyl groups excluding tert-OH is 1. The largest absolute Gasteiger partial charge is 0.466 e. The lowest BCUT2D eigenvalue weighted by Crippen LogP contribution is -2.31. The lowest BCUT2D eigenvalue weighted by atomic mass is 10.00. The summed E-state index contributed by atoms with van der Waals surface area (Å²) in [5.41, 5.74) is 0. The fraction of sp³-hybridized carbons (Fsp3) is 0.867. The predicted octanol–water partition coefficient (Wildman–Crippen LogP) is 6.32. The Labute approximate surface area is 235 Å². The number of unbranched alkanes of at least 4 members (excludes halogenated alkanes) is 9. The van der Waals surface area contributed by atoms with Gasteiger partial charge in [0.25, 0.3) is 0 Å². The van der Waals surface area contributed by atoms with E-state index < -0.39 is 25.0 Å². The third-order valence-electron chi connectivity index (χ3n) is 6.39. The minimum absolute atomic E-state index is 0.0767. The molecule has 0 fully saturated rings. The van der Waals surface area contributed by atoms with E-state index in [2.05, 4.69) is 6.92 Å². The van der Waals surface area contributed by atoms with E-state index in [1.807, 2.05) is 6.92 Å². The van der Waals surface area contributed by atoms with Crippen LogP contribution in [0, 0.1) is 0 Å². The van der Waals surface area contributed by atoms with Gasteiger partial charge in [0, 0.05) is 25.7 Å². The molecule has 2 atom stereocenters. The van der Waals surface area contributed by atoms with Crippen LogP contribution in [0.15, 0.2) is 0 Å². The predicted molar refractivity (Wildman–Crippen MR) is 149 cm³/mol. The van der Waals surface area contributed by atoms with Gasteiger partial charge < -0.3 is 24.1 Å². The van der Waals surface area contributed by atoms with Gasteiger partial charge in [0.05, 0.1) is 12.7 Å². The number of carbonyl (C=O) groups is 4. The molecule has 0 spiro atoms. The van der Waals surface area contributed by atoms with Crippen LogP contribution in [0.1, 0.15) is 143 Å². The molecule has 0 saturated heterocycles. The molecule has 0 bridgehead atoms. The number of carbonyl (C=O) groups excluding carboxylic acids is 4. The Kier molecular flexibility index (Phi) is 24.6. The van der Waals surface area contributed by atoms with Crippen LogP contribution >= 0.6 is 0 Å². The highest BCUT2D eigenvalue weighted by atomic mass is 16.7. The van der Waals surface area contributed by atoms with Gasteiger partial charge in [-0.1, -0.05) is 78.6 Å². The summed E-state index contributed by atoms with van der Waals surface area (Å²) in [7, 11) is 0. The Bertz CT molecular complexity index is 650. The molecular formula is C30H54O9. The zero-order chi connectivity index (χ0) is 29.1. The van der Waals surface area contributed by atoms with Gasteiger partial charge >= 0.3 is 23.9 Å². The lowest BCUT2D eigenvalue weighted by Gasteiger charge is -2.23. The van der Waals surface area contributed by atoms with Crippen LogP contribution < -0.4 is 0 Å². The molecule has 0 aromatic rings. The van der Waals surface area contributed by atoms with E-state index in [9.17, 15) is 24.3 Å².